The van der Waals surface area contributed by atoms with Crippen LogP contribution >= 0.6 is 0 Å². The first-order valence-corrected chi connectivity index (χ1v) is 9.72. The fourth-order valence-corrected chi connectivity index (χ4v) is 3.50. The third-order valence-electron chi connectivity index (χ3n) is 5.16. The van der Waals surface area contributed by atoms with Gasteiger partial charge in [-0.25, -0.2) is 4.98 Å². The van der Waals surface area contributed by atoms with Crippen molar-refractivity contribution < 1.29 is 9.53 Å². The van der Waals surface area contributed by atoms with E-state index >= 15 is 0 Å². The number of para-hydroxylation sites is 1. The van der Waals surface area contributed by atoms with Crippen molar-refractivity contribution in [2.24, 2.45) is 0 Å². The van der Waals surface area contributed by atoms with E-state index in [4.69, 9.17) is 4.74 Å². The fourth-order valence-electron chi connectivity index (χ4n) is 3.50. The fraction of sp³-hybridized carbons (Fsp3) is 0.304. The van der Waals surface area contributed by atoms with E-state index < -0.39 is 0 Å². The van der Waals surface area contributed by atoms with Gasteiger partial charge >= 0.3 is 0 Å². The van der Waals surface area contributed by atoms with Crippen molar-refractivity contribution in [2.75, 3.05) is 32.8 Å². The number of pyridine rings is 1. The highest BCUT2D eigenvalue weighted by molar-refractivity contribution is 5.95. The molecule has 4 rings (SSSR count). The van der Waals surface area contributed by atoms with Gasteiger partial charge in [-0.05, 0) is 24.6 Å². The number of benzene rings is 2. The molecule has 1 fully saturated rings. The van der Waals surface area contributed by atoms with Crippen LogP contribution in [0.4, 0.5) is 0 Å². The van der Waals surface area contributed by atoms with Gasteiger partial charge in [-0.3, -0.25) is 9.69 Å². The summed E-state index contributed by atoms with van der Waals surface area (Å²) in [5.41, 5.74) is 3.58. The van der Waals surface area contributed by atoms with Crippen molar-refractivity contribution in [3.8, 4) is 0 Å². The molecule has 0 saturated carbocycles. The molecule has 5 heteroatoms. The maximum absolute atomic E-state index is 13.0. The van der Waals surface area contributed by atoms with Crippen LogP contribution in [0.1, 0.15) is 27.7 Å². The molecule has 1 aliphatic rings. The van der Waals surface area contributed by atoms with Gasteiger partial charge < -0.3 is 10.1 Å². The Labute approximate surface area is 165 Å². The van der Waals surface area contributed by atoms with Crippen LogP contribution in [0, 0.1) is 6.92 Å². The number of aromatic nitrogens is 1. The second-order valence-corrected chi connectivity index (χ2v) is 7.24. The predicted molar refractivity (Wildman–Crippen MR) is 110 cm³/mol. The van der Waals surface area contributed by atoms with Gasteiger partial charge in [0.05, 0.1) is 24.8 Å². The summed E-state index contributed by atoms with van der Waals surface area (Å²) < 4.78 is 5.46. The molecule has 1 N–H and O–H groups in total. The Morgan fingerprint density at radius 1 is 1.07 bits per heavy atom. The van der Waals surface area contributed by atoms with E-state index in [-0.39, 0.29) is 11.9 Å². The van der Waals surface area contributed by atoms with Crippen molar-refractivity contribution in [3.63, 3.8) is 0 Å². The van der Waals surface area contributed by atoms with Gasteiger partial charge in [0.2, 0.25) is 0 Å². The molecule has 1 unspecified atom stereocenters. The summed E-state index contributed by atoms with van der Waals surface area (Å²) in [5.74, 6) is -0.149. The lowest BCUT2D eigenvalue weighted by Crippen LogP contribution is -2.43. The Morgan fingerprint density at radius 3 is 2.61 bits per heavy atom. The lowest BCUT2D eigenvalue weighted by molar-refractivity contribution is 0.0332. The average molecular weight is 375 g/mol. The number of nitrogens with zero attached hydrogens (tertiary/aromatic N) is 2. The Hall–Kier alpha value is -2.76. The van der Waals surface area contributed by atoms with E-state index in [0.29, 0.717) is 5.69 Å². The third-order valence-corrected chi connectivity index (χ3v) is 5.16. The molecule has 1 aromatic heterocycles. The third kappa shape index (κ3) is 4.38. The normalized spacial score (nSPS) is 16.0. The first kappa shape index (κ1) is 18.6. The minimum atomic E-state index is -0.149. The highest BCUT2D eigenvalue weighted by Gasteiger charge is 2.21. The van der Waals surface area contributed by atoms with E-state index in [2.05, 4.69) is 46.4 Å². The monoisotopic (exact) mass is 375 g/mol. The lowest BCUT2D eigenvalue weighted by Gasteiger charge is -2.31. The van der Waals surface area contributed by atoms with Gasteiger partial charge in [-0.15, -0.1) is 0 Å². The number of hydrogen-bond donors (Lipinski definition) is 1. The average Bonchev–Trinajstić information content (AvgIpc) is 2.74. The second kappa shape index (κ2) is 8.50. The summed E-state index contributed by atoms with van der Waals surface area (Å²) >= 11 is 0. The van der Waals surface area contributed by atoms with Gasteiger partial charge in [0.1, 0.15) is 5.69 Å². The van der Waals surface area contributed by atoms with E-state index in [1.807, 2.05) is 30.3 Å². The Kier molecular flexibility index (Phi) is 5.65. The van der Waals surface area contributed by atoms with E-state index in [9.17, 15) is 4.79 Å². The molecule has 1 amide bonds. The zero-order chi connectivity index (χ0) is 19.3. The summed E-state index contributed by atoms with van der Waals surface area (Å²) in [7, 11) is 0. The minimum absolute atomic E-state index is 0.0977. The molecular formula is C23H25N3O2. The van der Waals surface area contributed by atoms with Crippen LogP contribution in [0.15, 0.2) is 60.7 Å². The number of aryl methyl sites for hydroxylation is 1. The minimum Gasteiger partial charge on any atom is -0.379 e. The van der Waals surface area contributed by atoms with E-state index in [1.165, 1.54) is 5.56 Å². The molecule has 0 bridgehead atoms. The molecule has 28 heavy (non-hydrogen) atoms. The SMILES string of the molecule is Cc1ccc(C(CN2CCOCC2)NC(=O)c2ccc3ccccc3n2)cc1. The highest BCUT2D eigenvalue weighted by Crippen LogP contribution is 2.18. The van der Waals surface area contributed by atoms with Gasteiger partial charge in [0.15, 0.2) is 0 Å². The number of amides is 1. The van der Waals surface area contributed by atoms with E-state index in [0.717, 1.165) is 49.3 Å². The van der Waals surface area contributed by atoms with Crippen molar-refractivity contribution in [2.45, 2.75) is 13.0 Å². The molecule has 144 valence electrons. The predicted octanol–water partition coefficient (Wildman–Crippen LogP) is 3.35. The number of fused-ring (bicyclic) bond motifs is 1. The van der Waals surface area contributed by atoms with Gasteiger partial charge in [-0.2, -0.15) is 0 Å². The molecular weight excluding hydrogens is 350 g/mol. The molecule has 3 aromatic rings. The Balaban J connectivity index is 1.55. The molecule has 5 nitrogen and oxygen atoms in total. The zero-order valence-electron chi connectivity index (χ0n) is 16.1. The quantitative estimate of drug-likeness (QED) is 0.743. The molecule has 1 aliphatic heterocycles. The standard InChI is InChI=1S/C23H25N3O2/c1-17-6-8-19(9-7-17)22(16-26-12-14-28-15-13-26)25-23(27)21-11-10-18-4-2-3-5-20(18)24-21/h2-11,22H,12-16H2,1H3,(H,25,27). The Bertz CT molecular complexity index is 949. The lowest BCUT2D eigenvalue weighted by atomic mass is 10.0. The van der Waals surface area contributed by atoms with Crippen LogP contribution in [-0.4, -0.2) is 48.6 Å². The van der Waals surface area contributed by atoms with Crippen LogP contribution in [0.25, 0.3) is 10.9 Å². The number of rotatable bonds is 5. The van der Waals surface area contributed by atoms with Crippen LogP contribution in [0.2, 0.25) is 0 Å². The molecule has 0 spiro atoms. The largest absolute Gasteiger partial charge is 0.379 e. The summed E-state index contributed by atoms with van der Waals surface area (Å²) in [6.45, 7) is 6.06. The molecule has 1 atom stereocenters. The van der Waals surface area contributed by atoms with Crippen LogP contribution < -0.4 is 5.32 Å². The first-order valence-electron chi connectivity index (χ1n) is 9.72. The molecule has 2 heterocycles. The number of nitrogens with one attached hydrogen (secondary N) is 1. The number of ether oxygens (including phenoxy) is 1. The van der Waals surface area contributed by atoms with E-state index in [1.54, 1.807) is 6.07 Å². The number of hydrogen-bond acceptors (Lipinski definition) is 4. The smallest absolute Gasteiger partial charge is 0.270 e. The topological polar surface area (TPSA) is 54.5 Å². The van der Waals surface area contributed by atoms with Crippen LogP contribution in [-0.2, 0) is 4.74 Å². The summed E-state index contributed by atoms with van der Waals surface area (Å²) in [6, 6.07) is 19.8. The Morgan fingerprint density at radius 2 is 1.82 bits per heavy atom. The highest BCUT2D eigenvalue weighted by atomic mass is 16.5. The molecule has 2 aromatic carbocycles. The van der Waals surface area contributed by atoms with Crippen LogP contribution in [0.3, 0.4) is 0 Å². The molecule has 0 aliphatic carbocycles. The summed E-state index contributed by atoms with van der Waals surface area (Å²) in [5, 5.41) is 4.23. The molecule has 0 radical (unpaired) electrons. The number of carbonyl (C=O) groups excluding carboxylic acids is 1. The van der Waals surface area contributed by atoms with Gasteiger partial charge in [0.25, 0.3) is 5.91 Å². The van der Waals surface area contributed by atoms with Crippen molar-refractivity contribution in [1.29, 1.82) is 0 Å². The van der Waals surface area contributed by atoms with Crippen molar-refractivity contribution in [1.82, 2.24) is 15.2 Å². The number of carbonyl (C=O) groups is 1. The maximum Gasteiger partial charge on any atom is 0.270 e. The van der Waals surface area contributed by atoms with Crippen molar-refractivity contribution >= 4 is 16.8 Å². The first-order chi connectivity index (χ1) is 13.7. The summed E-state index contributed by atoms with van der Waals surface area (Å²) in [4.78, 5) is 19.8. The van der Waals surface area contributed by atoms with Crippen molar-refractivity contribution in [3.05, 3.63) is 77.5 Å². The summed E-state index contributed by atoms with van der Waals surface area (Å²) in [6.07, 6.45) is 0. The second-order valence-electron chi connectivity index (χ2n) is 7.24. The molecule has 1 saturated heterocycles. The zero-order valence-corrected chi connectivity index (χ0v) is 16.1. The van der Waals surface area contributed by atoms with Gasteiger partial charge in [0, 0.05) is 25.0 Å². The van der Waals surface area contributed by atoms with Gasteiger partial charge in [-0.1, -0.05) is 54.1 Å². The number of morpholine rings is 1. The van der Waals surface area contributed by atoms with Crippen LogP contribution in [0.5, 0.6) is 0 Å². The maximum atomic E-state index is 13.0.